The average Bonchev–Trinajstić information content (AvgIpc) is 2.74. The number of hydrogen-bond acceptors (Lipinski definition) is 3. The molecule has 4 rings (SSSR count). The van der Waals surface area contributed by atoms with Gasteiger partial charge in [0.1, 0.15) is 0 Å². The van der Waals surface area contributed by atoms with Crippen molar-refractivity contribution in [2.24, 2.45) is 5.92 Å². The van der Waals surface area contributed by atoms with Gasteiger partial charge in [0.25, 0.3) is 5.91 Å². The Morgan fingerprint density at radius 3 is 2.57 bits per heavy atom. The smallest absolute Gasteiger partial charge is 0.252 e. The number of aryl methyl sites for hydroxylation is 2. The fourth-order valence-corrected chi connectivity index (χ4v) is 6.02. The molecule has 1 heterocycles. The number of sulfonamides is 1. The van der Waals surface area contributed by atoms with Gasteiger partial charge < -0.3 is 5.32 Å². The van der Waals surface area contributed by atoms with Crippen molar-refractivity contribution in [2.75, 3.05) is 13.1 Å². The van der Waals surface area contributed by atoms with Gasteiger partial charge in [0, 0.05) is 18.7 Å². The lowest BCUT2D eigenvalue weighted by Gasteiger charge is -2.29. The molecule has 1 unspecified atom stereocenters. The van der Waals surface area contributed by atoms with Crippen molar-refractivity contribution < 1.29 is 13.2 Å². The Bertz CT molecular complexity index is 1040. The maximum atomic E-state index is 13.1. The van der Waals surface area contributed by atoms with Crippen LogP contribution < -0.4 is 5.32 Å². The minimum absolute atomic E-state index is 0.0364. The number of benzene rings is 2. The van der Waals surface area contributed by atoms with Crippen LogP contribution in [0.4, 0.5) is 0 Å². The van der Waals surface area contributed by atoms with E-state index in [0.29, 0.717) is 24.6 Å². The molecule has 1 atom stereocenters. The van der Waals surface area contributed by atoms with Crippen LogP contribution >= 0.6 is 0 Å². The molecule has 1 aliphatic heterocycles. The van der Waals surface area contributed by atoms with Gasteiger partial charge in [0.05, 0.1) is 10.9 Å². The lowest BCUT2D eigenvalue weighted by Crippen LogP contribution is -2.38. The molecule has 1 saturated heterocycles. The molecule has 160 valence electrons. The molecule has 2 aromatic rings. The van der Waals surface area contributed by atoms with E-state index in [1.165, 1.54) is 11.1 Å². The van der Waals surface area contributed by atoms with Crippen molar-refractivity contribution in [3.63, 3.8) is 0 Å². The fourth-order valence-electron chi connectivity index (χ4n) is 4.52. The third-order valence-electron chi connectivity index (χ3n) is 6.51. The second kappa shape index (κ2) is 8.52. The van der Waals surface area contributed by atoms with Crippen LogP contribution in [0.15, 0.2) is 47.4 Å². The Balaban J connectivity index is 1.57. The van der Waals surface area contributed by atoms with Gasteiger partial charge in [-0.15, -0.1) is 0 Å². The fraction of sp³-hybridized carbons (Fsp3) is 0.458. The molecular weight excluding hydrogens is 396 g/mol. The average molecular weight is 427 g/mol. The van der Waals surface area contributed by atoms with Gasteiger partial charge in [-0.1, -0.05) is 37.3 Å². The van der Waals surface area contributed by atoms with E-state index in [-0.39, 0.29) is 16.8 Å². The summed E-state index contributed by atoms with van der Waals surface area (Å²) in [5.41, 5.74) is 3.66. The summed E-state index contributed by atoms with van der Waals surface area (Å²) >= 11 is 0. The highest BCUT2D eigenvalue weighted by Crippen LogP contribution is 2.30. The van der Waals surface area contributed by atoms with E-state index in [1.807, 2.05) is 19.1 Å². The SMILES string of the molecule is Cc1ccc(S(=O)(=O)N2CCC(C)CC2)cc1C(=O)NC1CCCc2ccccc21. The second-order valence-electron chi connectivity index (χ2n) is 8.68. The summed E-state index contributed by atoms with van der Waals surface area (Å²) in [4.78, 5) is 13.3. The molecule has 0 saturated carbocycles. The largest absolute Gasteiger partial charge is 0.345 e. The van der Waals surface area contributed by atoms with Crippen molar-refractivity contribution in [1.82, 2.24) is 9.62 Å². The molecule has 1 fully saturated rings. The van der Waals surface area contributed by atoms with Crippen molar-refractivity contribution in [2.45, 2.75) is 56.9 Å². The maximum Gasteiger partial charge on any atom is 0.252 e. The third-order valence-corrected chi connectivity index (χ3v) is 8.40. The summed E-state index contributed by atoms with van der Waals surface area (Å²) in [5, 5.41) is 3.15. The molecule has 0 radical (unpaired) electrons. The standard InChI is InChI=1S/C24H30N2O3S/c1-17-12-14-26(15-13-17)30(28,29)20-11-10-18(2)22(16-20)24(27)25-23-9-5-7-19-6-3-4-8-21(19)23/h3-4,6,8,10-11,16-17,23H,5,7,9,12-15H2,1-2H3,(H,25,27). The minimum Gasteiger partial charge on any atom is -0.345 e. The van der Waals surface area contributed by atoms with Crippen LogP contribution in [0.1, 0.15) is 65.7 Å². The van der Waals surface area contributed by atoms with Gasteiger partial charge in [-0.25, -0.2) is 8.42 Å². The minimum atomic E-state index is -3.59. The zero-order valence-corrected chi connectivity index (χ0v) is 18.5. The number of nitrogens with one attached hydrogen (secondary N) is 1. The Morgan fingerprint density at radius 1 is 1.07 bits per heavy atom. The molecule has 0 spiro atoms. The third kappa shape index (κ3) is 4.16. The Morgan fingerprint density at radius 2 is 1.80 bits per heavy atom. The van der Waals surface area contributed by atoms with Gasteiger partial charge in [-0.05, 0) is 73.8 Å². The quantitative estimate of drug-likeness (QED) is 0.796. The van der Waals surface area contributed by atoms with E-state index in [0.717, 1.165) is 37.7 Å². The number of amides is 1. The Kier molecular flexibility index (Phi) is 5.98. The highest BCUT2D eigenvalue weighted by molar-refractivity contribution is 7.89. The summed E-state index contributed by atoms with van der Waals surface area (Å²) in [6, 6.07) is 13.1. The molecule has 0 bridgehead atoms. The van der Waals surface area contributed by atoms with Gasteiger partial charge in [-0.3, -0.25) is 4.79 Å². The number of fused-ring (bicyclic) bond motifs is 1. The Labute approximate surface area is 179 Å². The van der Waals surface area contributed by atoms with Gasteiger partial charge in [0.2, 0.25) is 10.0 Å². The molecule has 6 heteroatoms. The first kappa shape index (κ1) is 21.1. The van der Waals surface area contributed by atoms with Crippen molar-refractivity contribution in [3.05, 3.63) is 64.7 Å². The van der Waals surface area contributed by atoms with Crippen molar-refractivity contribution in [1.29, 1.82) is 0 Å². The first-order chi connectivity index (χ1) is 14.4. The Hall–Kier alpha value is -2.18. The van der Waals surface area contributed by atoms with Crippen LogP contribution in [0.5, 0.6) is 0 Å². The summed E-state index contributed by atoms with van der Waals surface area (Å²) in [7, 11) is -3.59. The number of carbonyl (C=O) groups excluding carboxylic acids is 1. The van der Waals surface area contributed by atoms with Crippen LogP contribution in [0.2, 0.25) is 0 Å². The van der Waals surface area contributed by atoms with Crippen molar-refractivity contribution >= 4 is 15.9 Å². The number of piperidine rings is 1. The zero-order chi connectivity index (χ0) is 21.3. The molecular formula is C24H30N2O3S. The van der Waals surface area contributed by atoms with E-state index >= 15 is 0 Å². The summed E-state index contributed by atoms with van der Waals surface area (Å²) in [6.07, 6.45) is 4.71. The van der Waals surface area contributed by atoms with Gasteiger partial charge in [-0.2, -0.15) is 4.31 Å². The molecule has 5 nitrogen and oxygen atoms in total. The summed E-state index contributed by atoms with van der Waals surface area (Å²) in [5.74, 6) is 0.340. The van der Waals surface area contributed by atoms with Crippen LogP contribution in [0, 0.1) is 12.8 Å². The van der Waals surface area contributed by atoms with Gasteiger partial charge >= 0.3 is 0 Å². The van der Waals surface area contributed by atoms with Crippen LogP contribution in [0.25, 0.3) is 0 Å². The topological polar surface area (TPSA) is 66.5 Å². The van der Waals surface area contributed by atoms with Crippen molar-refractivity contribution in [3.8, 4) is 0 Å². The number of rotatable bonds is 4. The predicted octanol–water partition coefficient (Wildman–Crippen LogP) is 4.22. The molecule has 1 amide bonds. The highest BCUT2D eigenvalue weighted by Gasteiger charge is 2.29. The summed E-state index contributed by atoms with van der Waals surface area (Å²) in [6.45, 7) is 5.08. The monoisotopic (exact) mass is 426 g/mol. The first-order valence-electron chi connectivity index (χ1n) is 10.9. The number of nitrogens with zero attached hydrogens (tertiary/aromatic N) is 1. The maximum absolute atomic E-state index is 13.1. The van der Waals surface area contributed by atoms with E-state index in [2.05, 4.69) is 24.4 Å². The molecule has 30 heavy (non-hydrogen) atoms. The zero-order valence-electron chi connectivity index (χ0n) is 17.7. The van der Waals surface area contributed by atoms with E-state index in [4.69, 9.17) is 0 Å². The molecule has 1 N–H and O–H groups in total. The second-order valence-corrected chi connectivity index (χ2v) is 10.6. The normalized spacial score (nSPS) is 20.5. The molecule has 2 aromatic carbocycles. The summed E-state index contributed by atoms with van der Waals surface area (Å²) < 4.78 is 27.8. The van der Waals surface area contributed by atoms with E-state index in [9.17, 15) is 13.2 Å². The predicted molar refractivity (Wildman–Crippen MR) is 118 cm³/mol. The highest BCUT2D eigenvalue weighted by atomic mass is 32.2. The van der Waals surface area contributed by atoms with Crippen LogP contribution in [-0.2, 0) is 16.4 Å². The van der Waals surface area contributed by atoms with E-state index in [1.54, 1.807) is 22.5 Å². The lowest BCUT2D eigenvalue weighted by molar-refractivity contribution is 0.0932. The molecule has 2 aliphatic rings. The van der Waals surface area contributed by atoms with Crippen LogP contribution in [0.3, 0.4) is 0 Å². The lowest BCUT2D eigenvalue weighted by atomic mass is 9.87. The van der Waals surface area contributed by atoms with Gasteiger partial charge in [0.15, 0.2) is 0 Å². The molecule has 1 aliphatic carbocycles. The van der Waals surface area contributed by atoms with Crippen LogP contribution in [-0.4, -0.2) is 31.7 Å². The first-order valence-corrected chi connectivity index (χ1v) is 12.3. The number of hydrogen-bond donors (Lipinski definition) is 1. The number of carbonyl (C=O) groups is 1. The van der Waals surface area contributed by atoms with E-state index < -0.39 is 10.0 Å². The molecule has 0 aromatic heterocycles.